The second kappa shape index (κ2) is 6.68. The van der Waals surface area contributed by atoms with E-state index in [1.807, 2.05) is 0 Å². The fourth-order valence-electron chi connectivity index (χ4n) is 5.79. The first-order chi connectivity index (χ1) is 15.0. The van der Waals surface area contributed by atoms with Gasteiger partial charge in [-0.05, 0) is 60.4 Å². The molecule has 6 unspecified atom stereocenters. The fraction of sp³-hybridized carbons (Fsp3) is 0.292. The summed E-state index contributed by atoms with van der Waals surface area (Å²) in [7, 11) is 0. The Morgan fingerprint density at radius 2 is 1.58 bits per heavy atom. The minimum absolute atomic E-state index is 0.143. The highest BCUT2D eigenvalue weighted by atomic mass is 35.5. The Balaban J connectivity index is 1.29. The smallest absolute Gasteiger partial charge is 0.255 e. The molecule has 5 aliphatic rings. The van der Waals surface area contributed by atoms with Crippen molar-refractivity contribution < 1.29 is 14.4 Å². The Morgan fingerprint density at radius 1 is 0.935 bits per heavy atom. The van der Waals surface area contributed by atoms with Gasteiger partial charge in [-0.1, -0.05) is 47.5 Å². The molecule has 3 fully saturated rings. The molecule has 156 valence electrons. The first-order valence-electron chi connectivity index (χ1n) is 10.4. The lowest BCUT2D eigenvalue weighted by atomic mass is 9.63. The molecule has 2 aromatic carbocycles. The average molecular weight is 453 g/mol. The number of rotatable bonds is 3. The van der Waals surface area contributed by atoms with E-state index in [-0.39, 0.29) is 40.5 Å². The highest BCUT2D eigenvalue weighted by molar-refractivity contribution is 6.44. The third-order valence-electron chi connectivity index (χ3n) is 7.23. The number of allylic oxidation sites excluding steroid dienone is 2. The van der Waals surface area contributed by atoms with Crippen molar-refractivity contribution in [3.8, 4) is 0 Å². The van der Waals surface area contributed by atoms with Crippen molar-refractivity contribution in [3.05, 3.63) is 70.2 Å². The van der Waals surface area contributed by atoms with Crippen LogP contribution in [0.5, 0.6) is 0 Å². The molecule has 4 aliphatic carbocycles. The topological polar surface area (TPSA) is 66.5 Å². The van der Waals surface area contributed by atoms with Crippen LogP contribution in [-0.2, 0) is 9.59 Å². The predicted molar refractivity (Wildman–Crippen MR) is 118 cm³/mol. The number of anilines is 2. The van der Waals surface area contributed by atoms with Crippen molar-refractivity contribution >= 4 is 52.3 Å². The minimum atomic E-state index is -0.398. The van der Waals surface area contributed by atoms with Crippen LogP contribution >= 0.6 is 23.2 Å². The van der Waals surface area contributed by atoms with Gasteiger partial charge in [0.2, 0.25) is 11.8 Å². The number of hydrogen-bond donors (Lipinski definition) is 1. The van der Waals surface area contributed by atoms with Crippen molar-refractivity contribution in [1.29, 1.82) is 0 Å². The predicted octanol–water partition coefficient (Wildman–Crippen LogP) is 4.80. The molecule has 0 aromatic heterocycles. The number of benzene rings is 2. The summed E-state index contributed by atoms with van der Waals surface area (Å²) in [6, 6.07) is 11.6. The molecule has 2 aromatic rings. The van der Waals surface area contributed by atoms with E-state index in [1.54, 1.807) is 42.5 Å². The van der Waals surface area contributed by atoms with E-state index in [0.29, 0.717) is 33.8 Å². The van der Waals surface area contributed by atoms with Gasteiger partial charge in [0.15, 0.2) is 0 Å². The Morgan fingerprint density at radius 3 is 2.26 bits per heavy atom. The first-order valence-corrected chi connectivity index (χ1v) is 11.1. The Hall–Kier alpha value is -2.63. The molecular weight excluding hydrogens is 435 g/mol. The molecule has 2 saturated carbocycles. The second-order valence-electron chi connectivity index (χ2n) is 8.77. The van der Waals surface area contributed by atoms with Crippen LogP contribution in [0.1, 0.15) is 16.8 Å². The standard InChI is InChI=1S/C24H18Cl2N2O3/c25-17-5-2-6-18(21(17)26)27-22(29)11-3-1-4-12(9-11)28-23(30)19-13-7-8-14(16-10-15(13)16)20(19)24(28)31/h1-9,13-16,19-20H,10H2,(H,27,29). The molecule has 1 aliphatic heterocycles. The molecule has 5 nitrogen and oxygen atoms in total. The summed E-state index contributed by atoms with van der Waals surface area (Å²) in [4.78, 5) is 40.7. The van der Waals surface area contributed by atoms with E-state index in [1.165, 1.54) is 4.90 Å². The molecular formula is C24H18Cl2N2O3. The van der Waals surface area contributed by atoms with E-state index in [4.69, 9.17) is 23.2 Å². The maximum absolute atomic E-state index is 13.3. The largest absolute Gasteiger partial charge is 0.321 e. The summed E-state index contributed by atoms with van der Waals surface area (Å²) in [6.45, 7) is 0. The van der Waals surface area contributed by atoms with E-state index >= 15 is 0 Å². The van der Waals surface area contributed by atoms with E-state index in [0.717, 1.165) is 6.42 Å². The van der Waals surface area contributed by atoms with Crippen LogP contribution in [0.15, 0.2) is 54.6 Å². The van der Waals surface area contributed by atoms with Crippen molar-refractivity contribution in [1.82, 2.24) is 0 Å². The fourth-order valence-corrected chi connectivity index (χ4v) is 6.14. The van der Waals surface area contributed by atoms with Crippen LogP contribution in [0.25, 0.3) is 0 Å². The van der Waals surface area contributed by atoms with Crippen LogP contribution in [0, 0.1) is 35.5 Å². The number of halogens is 2. The van der Waals surface area contributed by atoms with Gasteiger partial charge < -0.3 is 5.32 Å². The van der Waals surface area contributed by atoms with Gasteiger partial charge in [0, 0.05) is 5.56 Å². The highest BCUT2D eigenvalue weighted by Gasteiger charge is 2.67. The summed E-state index contributed by atoms with van der Waals surface area (Å²) in [5.41, 5.74) is 1.15. The zero-order chi connectivity index (χ0) is 21.4. The number of amides is 3. The van der Waals surface area contributed by atoms with Crippen molar-refractivity contribution in [2.24, 2.45) is 35.5 Å². The number of carbonyl (C=O) groups excluding carboxylic acids is 3. The molecule has 7 rings (SSSR count). The Kier molecular flexibility index (Phi) is 4.11. The summed E-state index contributed by atoms with van der Waals surface area (Å²) in [5, 5.41) is 3.33. The monoisotopic (exact) mass is 452 g/mol. The van der Waals surface area contributed by atoms with Crippen LogP contribution in [0.2, 0.25) is 10.0 Å². The van der Waals surface area contributed by atoms with Crippen molar-refractivity contribution in [3.63, 3.8) is 0 Å². The van der Waals surface area contributed by atoms with Gasteiger partial charge >= 0.3 is 0 Å². The first kappa shape index (κ1) is 19.1. The minimum Gasteiger partial charge on any atom is -0.321 e. The number of hydrogen-bond acceptors (Lipinski definition) is 3. The zero-order valence-corrected chi connectivity index (χ0v) is 17.8. The molecule has 0 radical (unpaired) electrons. The summed E-state index contributed by atoms with van der Waals surface area (Å²) in [6.07, 6.45) is 5.41. The van der Waals surface area contributed by atoms with Gasteiger partial charge in [-0.3, -0.25) is 14.4 Å². The molecule has 1 N–H and O–H groups in total. The van der Waals surface area contributed by atoms with E-state index in [9.17, 15) is 14.4 Å². The molecule has 7 heteroatoms. The summed E-state index contributed by atoms with van der Waals surface area (Å²) in [5.74, 6) is 0.203. The Bertz CT molecular complexity index is 1160. The maximum Gasteiger partial charge on any atom is 0.255 e. The number of nitrogens with one attached hydrogen (secondary N) is 1. The van der Waals surface area contributed by atoms with Crippen LogP contribution in [0.4, 0.5) is 11.4 Å². The zero-order valence-electron chi connectivity index (χ0n) is 16.3. The van der Waals surface area contributed by atoms with Gasteiger partial charge in [0.25, 0.3) is 5.91 Å². The Labute approximate surface area is 189 Å². The normalized spacial score (nSPS) is 32.1. The van der Waals surface area contributed by atoms with Crippen LogP contribution < -0.4 is 10.2 Å². The SMILES string of the molecule is O=C(Nc1cccc(Cl)c1Cl)c1cccc(N2C(=O)C3C4C=CC(C5CC45)C3C2=O)c1. The number of nitrogens with zero attached hydrogens (tertiary/aromatic N) is 1. The van der Waals surface area contributed by atoms with Crippen LogP contribution in [0.3, 0.4) is 0 Å². The lowest BCUT2D eigenvalue weighted by Gasteiger charge is -2.37. The molecule has 2 bridgehead atoms. The van der Waals surface area contributed by atoms with Gasteiger partial charge in [-0.2, -0.15) is 0 Å². The number of imide groups is 1. The van der Waals surface area contributed by atoms with Crippen LogP contribution in [-0.4, -0.2) is 17.7 Å². The van der Waals surface area contributed by atoms with Gasteiger partial charge in [-0.25, -0.2) is 4.90 Å². The molecule has 31 heavy (non-hydrogen) atoms. The van der Waals surface area contributed by atoms with Gasteiger partial charge in [0.05, 0.1) is 33.3 Å². The van der Waals surface area contributed by atoms with Gasteiger partial charge in [-0.15, -0.1) is 0 Å². The average Bonchev–Trinajstić information content (AvgIpc) is 3.55. The molecule has 6 atom stereocenters. The van der Waals surface area contributed by atoms with E-state index in [2.05, 4.69) is 17.5 Å². The maximum atomic E-state index is 13.3. The summed E-state index contributed by atoms with van der Waals surface area (Å²) >= 11 is 12.2. The number of carbonyl (C=O) groups is 3. The molecule has 1 saturated heterocycles. The lowest BCUT2D eigenvalue weighted by molar-refractivity contribution is -0.124. The molecule has 3 amide bonds. The van der Waals surface area contributed by atoms with E-state index < -0.39 is 5.91 Å². The van der Waals surface area contributed by atoms with Crippen molar-refractivity contribution in [2.75, 3.05) is 10.2 Å². The van der Waals surface area contributed by atoms with Crippen molar-refractivity contribution in [2.45, 2.75) is 6.42 Å². The third kappa shape index (κ3) is 2.73. The molecule has 1 heterocycles. The third-order valence-corrected chi connectivity index (χ3v) is 8.05. The second-order valence-corrected chi connectivity index (χ2v) is 9.56. The highest BCUT2D eigenvalue weighted by Crippen LogP contribution is 2.65. The lowest BCUT2D eigenvalue weighted by Crippen LogP contribution is -2.40. The molecule has 0 spiro atoms. The quantitative estimate of drug-likeness (QED) is 0.536. The summed E-state index contributed by atoms with van der Waals surface area (Å²) < 4.78 is 0. The van der Waals surface area contributed by atoms with Gasteiger partial charge in [0.1, 0.15) is 0 Å².